The third kappa shape index (κ3) is 4.21. The van der Waals surface area contributed by atoms with Gasteiger partial charge in [0.15, 0.2) is 0 Å². The van der Waals surface area contributed by atoms with Gasteiger partial charge in [0.1, 0.15) is 5.82 Å². The zero-order valence-electron chi connectivity index (χ0n) is 14.7. The summed E-state index contributed by atoms with van der Waals surface area (Å²) in [6, 6.07) is 8.31. The molecule has 1 aromatic rings. The van der Waals surface area contributed by atoms with E-state index in [9.17, 15) is 9.18 Å². The normalized spacial score (nSPS) is 32.5. The number of likely N-dealkylation sites (tertiary alicyclic amines) is 1. The zero-order chi connectivity index (χ0) is 17.2. The Kier molecular flexibility index (Phi) is 5.04. The summed E-state index contributed by atoms with van der Waals surface area (Å²) in [7, 11) is 0. The Balaban J connectivity index is 1.30. The molecule has 3 fully saturated rings. The highest BCUT2D eigenvalue weighted by Gasteiger charge is 2.35. The van der Waals surface area contributed by atoms with E-state index in [1.807, 2.05) is 6.07 Å². The first-order valence-corrected chi connectivity index (χ1v) is 9.69. The molecule has 4 nitrogen and oxygen atoms in total. The molecule has 0 radical (unpaired) electrons. The van der Waals surface area contributed by atoms with Crippen molar-refractivity contribution in [2.75, 3.05) is 13.1 Å². The molecule has 25 heavy (non-hydrogen) atoms. The topological polar surface area (TPSA) is 44.4 Å². The molecule has 2 N–H and O–H groups in total. The summed E-state index contributed by atoms with van der Waals surface area (Å²) in [6.07, 6.45) is 6.64. The second-order valence-corrected chi connectivity index (χ2v) is 8.02. The molecule has 3 saturated heterocycles. The first-order chi connectivity index (χ1) is 12.2. The van der Waals surface area contributed by atoms with E-state index in [2.05, 4.69) is 15.5 Å². The fourth-order valence-electron chi connectivity index (χ4n) is 4.80. The standard InChI is InChI=1S/C20H28FN3O/c21-16-5-1-3-14(9-16)12-24-8-2-4-15(13-24)20(25)23-19-10-17-6-7-18(11-19)22-17/h1,3,5,9,15,17-19,22H,2,4,6-8,10-13H2,(H,23,25). The molecule has 0 spiro atoms. The van der Waals surface area contributed by atoms with Crippen LogP contribution in [0.5, 0.6) is 0 Å². The van der Waals surface area contributed by atoms with Crippen molar-refractivity contribution >= 4 is 5.91 Å². The largest absolute Gasteiger partial charge is 0.353 e. The SMILES string of the molecule is O=C(NC1CC2CCC(C1)N2)C1CCCN(Cc2cccc(F)c2)C1. The molecule has 3 atom stereocenters. The molecule has 0 aromatic heterocycles. The van der Waals surface area contributed by atoms with E-state index in [-0.39, 0.29) is 17.6 Å². The van der Waals surface area contributed by atoms with Gasteiger partial charge in [-0.2, -0.15) is 0 Å². The molecule has 0 saturated carbocycles. The van der Waals surface area contributed by atoms with Gasteiger partial charge in [-0.25, -0.2) is 4.39 Å². The number of halogens is 1. The zero-order valence-corrected chi connectivity index (χ0v) is 14.7. The molecule has 5 heteroatoms. The van der Waals surface area contributed by atoms with Crippen molar-refractivity contribution in [3.8, 4) is 0 Å². The second kappa shape index (κ2) is 7.42. The van der Waals surface area contributed by atoms with Crippen molar-refractivity contribution in [1.82, 2.24) is 15.5 Å². The number of carbonyl (C=O) groups excluding carboxylic acids is 1. The van der Waals surface area contributed by atoms with Crippen molar-refractivity contribution < 1.29 is 9.18 Å². The quantitative estimate of drug-likeness (QED) is 0.881. The summed E-state index contributed by atoms with van der Waals surface area (Å²) < 4.78 is 13.4. The number of rotatable bonds is 4. The fourth-order valence-corrected chi connectivity index (χ4v) is 4.80. The van der Waals surface area contributed by atoms with Gasteiger partial charge in [-0.15, -0.1) is 0 Å². The van der Waals surface area contributed by atoms with Gasteiger partial charge in [-0.05, 0) is 62.8 Å². The van der Waals surface area contributed by atoms with Gasteiger partial charge in [-0.3, -0.25) is 9.69 Å². The maximum absolute atomic E-state index is 13.4. The Labute approximate surface area is 149 Å². The summed E-state index contributed by atoms with van der Waals surface area (Å²) in [6.45, 7) is 2.48. The highest BCUT2D eigenvalue weighted by atomic mass is 19.1. The fraction of sp³-hybridized carbons (Fsp3) is 0.650. The Morgan fingerprint density at radius 3 is 2.80 bits per heavy atom. The van der Waals surface area contributed by atoms with E-state index >= 15 is 0 Å². The number of hydrogen-bond donors (Lipinski definition) is 2. The van der Waals surface area contributed by atoms with Gasteiger partial charge in [0.05, 0.1) is 5.92 Å². The Hall–Kier alpha value is -1.46. The van der Waals surface area contributed by atoms with E-state index in [1.54, 1.807) is 12.1 Å². The van der Waals surface area contributed by atoms with Crippen LogP contribution in [0.2, 0.25) is 0 Å². The lowest BCUT2D eigenvalue weighted by molar-refractivity contribution is -0.127. The van der Waals surface area contributed by atoms with E-state index in [0.29, 0.717) is 18.1 Å². The Morgan fingerprint density at radius 1 is 1.24 bits per heavy atom. The number of hydrogen-bond acceptors (Lipinski definition) is 3. The number of piperidine rings is 2. The average Bonchev–Trinajstić information content (AvgIpc) is 2.93. The number of benzene rings is 1. The summed E-state index contributed by atoms with van der Waals surface area (Å²) in [4.78, 5) is 15.0. The predicted molar refractivity (Wildman–Crippen MR) is 95.5 cm³/mol. The maximum Gasteiger partial charge on any atom is 0.224 e. The van der Waals surface area contributed by atoms with Crippen LogP contribution in [0.1, 0.15) is 44.1 Å². The number of fused-ring (bicyclic) bond motifs is 2. The van der Waals surface area contributed by atoms with Crippen molar-refractivity contribution in [2.45, 2.75) is 63.2 Å². The number of amides is 1. The predicted octanol–water partition coefficient (Wildman–Crippen LogP) is 2.44. The molecule has 3 aliphatic rings. The summed E-state index contributed by atoms with van der Waals surface area (Å²) >= 11 is 0. The van der Waals surface area contributed by atoms with Crippen molar-refractivity contribution in [3.05, 3.63) is 35.6 Å². The van der Waals surface area contributed by atoms with Gasteiger partial charge in [-0.1, -0.05) is 12.1 Å². The van der Waals surface area contributed by atoms with Crippen LogP contribution < -0.4 is 10.6 Å². The van der Waals surface area contributed by atoms with Gasteiger partial charge in [0, 0.05) is 31.2 Å². The molecule has 4 rings (SSSR count). The third-order valence-corrected chi connectivity index (χ3v) is 5.99. The average molecular weight is 345 g/mol. The Morgan fingerprint density at radius 2 is 2.04 bits per heavy atom. The maximum atomic E-state index is 13.4. The molecular weight excluding hydrogens is 317 g/mol. The van der Waals surface area contributed by atoms with Gasteiger partial charge >= 0.3 is 0 Å². The number of carbonyl (C=O) groups is 1. The second-order valence-electron chi connectivity index (χ2n) is 8.02. The van der Waals surface area contributed by atoms with E-state index in [4.69, 9.17) is 0 Å². The first-order valence-electron chi connectivity index (χ1n) is 9.69. The lowest BCUT2D eigenvalue weighted by atomic mass is 9.94. The molecule has 3 unspecified atom stereocenters. The molecule has 1 amide bonds. The Bertz CT molecular complexity index is 611. The minimum atomic E-state index is -0.190. The van der Waals surface area contributed by atoms with E-state index in [0.717, 1.165) is 50.9 Å². The van der Waals surface area contributed by atoms with Crippen LogP contribution in [0.3, 0.4) is 0 Å². The van der Waals surface area contributed by atoms with Crippen molar-refractivity contribution in [1.29, 1.82) is 0 Å². The van der Waals surface area contributed by atoms with Crippen LogP contribution in [-0.2, 0) is 11.3 Å². The molecule has 3 heterocycles. The monoisotopic (exact) mass is 345 g/mol. The number of nitrogens with zero attached hydrogens (tertiary/aromatic N) is 1. The highest BCUT2D eigenvalue weighted by Crippen LogP contribution is 2.27. The van der Waals surface area contributed by atoms with E-state index in [1.165, 1.54) is 18.9 Å². The smallest absolute Gasteiger partial charge is 0.224 e. The van der Waals surface area contributed by atoms with Crippen LogP contribution in [0.15, 0.2) is 24.3 Å². The minimum absolute atomic E-state index is 0.0647. The first kappa shape index (κ1) is 17.0. The summed E-state index contributed by atoms with van der Waals surface area (Å²) in [5.74, 6) is 0.0921. The molecule has 1 aromatic carbocycles. The van der Waals surface area contributed by atoms with Crippen LogP contribution in [0, 0.1) is 11.7 Å². The molecule has 0 aliphatic carbocycles. The van der Waals surface area contributed by atoms with Crippen LogP contribution in [0.25, 0.3) is 0 Å². The van der Waals surface area contributed by atoms with Gasteiger partial charge < -0.3 is 10.6 Å². The lowest BCUT2D eigenvalue weighted by Gasteiger charge is -2.34. The van der Waals surface area contributed by atoms with Crippen molar-refractivity contribution in [2.24, 2.45) is 5.92 Å². The highest BCUT2D eigenvalue weighted by molar-refractivity contribution is 5.79. The molecular formula is C20H28FN3O. The molecule has 136 valence electrons. The lowest BCUT2D eigenvalue weighted by Crippen LogP contribution is -2.51. The molecule has 2 bridgehead atoms. The van der Waals surface area contributed by atoms with Crippen LogP contribution >= 0.6 is 0 Å². The van der Waals surface area contributed by atoms with Crippen LogP contribution in [-0.4, -0.2) is 42.0 Å². The van der Waals surface area contributed by atoms with Gasteiger partial charge in [0.25, 0.3) is 0 Å². The van der Waals surface area contributed by atoms with E-state index < -0.39 is 0 Å². The van der Waals surface area contributed by atoms with Gasteiger partial charge in [0.2, 0.25) is 5.91 Å². The minimum Gasteiger partial charge on any atom is -0.353 e. The summed E-state index contributed by atoms with van der Waals surface area (Å²) in [5.41, 5.74) is 0.982. The van der Waals surface area contributed by atoms with Crippen molar-refractivity contribution in [3.63, 3.8) is 0 Å². The third-order valence-electron chi connectivity index (χ3n) is 5.99. The number of nitrogens with one attached hydrogen (secondary N) is 2. The molecule has 3 aliphatic heterocycles. The summed E-state index contributed by atoms with van der Waals surface area (Å²) in [5, 5.41) is 6.94. The van der Waals surface area contributed by atoms with Crippen LogP contribution in [0.4, 0.5) is 4.39 Å².